The van der Waals surface area contributed by atoms with Crippen LogP contribution in [0.3, 0.4) is 0 Å². The summed E-state index contributed by atoms with van der Waals surface area (Å²) in [7, 11) is 0. The van der Waals surface area contributed by atoms with E-state index in [4.69, 9.17) is 4.98 Å². The largest absolute Gasteiger partial charge is 0.297 e. The van der Waals surface area contributed by atoms with Crippen LogP contribution >= 0.6 is 0 Å². The Kier molecular flexibility index (Phi) is 6.08. The van der Waals surface area contributed by atoms with Gasteiger partial charge in [-0.3, -0.25) is 4.57 Å². The van der Waals surface area contributed by atoms with E-state index < -0.39 is 0 Å². The number of hydrogen-bond donors (Lipinski definition) is 0. The summed E-state index contributed by atoms with van der Waals surface area (Å²) >= 11 is 0. The SMILES string of the molecule is Cc1nc2ccc(-c3ccc(-c4c5ccccc5c(C5C=CC=CC5C)c5ccccc45)cc3)cc2n1-c1ccccc1. The third-order valence-electron chi connectivity index (χ3n) is 9.06. The first-order valence-corrected chi connectivity index (χ1v) is 15.1. The molecule has 1 aliphatic carbocycles. The monoisotopic (exact) mass is 552 g/mol. The summed E-state index contributed by atoms with van der Waals surface area (Å²) in [6.45, 7) is 4.40. The van der Waals surface area contributed by atoms with Crippen LogP contribution in [0, 0.1) is 12.8 Å². The molecule has 43 heavy (non-hydrogen) atoms. The summed E-state index contributed by atoms with van der Waals surface area (Å²) in [5.74, 6) is 1.78. The molecule has 0 bridgehead atoms. The molecule has 2 nitrogen and oxygen atoms in total. The van der Waals surface area contributed by atoms with Gasteiger partial charge in [-0.2, -0.15) is 0 Å². The second kappa shape index (κ2) is 10.3. The molecular weight excluding hydrogens is 520 g/mol. The van der Waals surface area contributed by atoms with Crippen molar-refractivity contribution in [1.29, 1.82) is 0 Å². The highest BCUT2D eigenvalue weighted by Crippen LogP contribution is 2.45. The number of allylic oxidation sites excluding steroid dienone is 4. The fourth-order valence-corrected chi connectivity index (χ4v) is 7.02. The lowest BCUT2D eigenvalue weighted by Crippen LogP contribution is -2.09. The maximum atomic E-state index is 4.84. The Bertz CT molecular complexity index is 2140. The third-order valence-corrected chi connectivity index (χ3v) is 9.06. The van der Waals surface area contributed by atoms with Crippen LogP contribution in [0.2, 0.25) is 0 Å². The van der Waals surface area contributed by atoms with Crippen LogP contribution in [0.25, 0.3) is 60.5 Å². The summed E-state index contributed by atoms with van der Waals surface area (Å²) < 4.78 is 2.24. The highest BCUT2D eigenvalue weighted by Gasteiger charge is 2.23. The number of para-hydroxylation sites is 1. The van der Waals surface area contributed by atoms with Crippen LogP contribution in [-0.2, 0) is 0 Å². The van der Waals surface area contributed by atoms with Gasteiger partial charge in [-0.15, -0.1) is 0 Å². The number of nitrogens with zero attached hydrogens (tertiary/aromatic N) is 2. The van der Waals surface area contributed by atoms with Gasteiger partial charge in [0, 0.05) is 11.6 Å². The van der Waals surface area contributed by atoms with Gasteiger partial charge in [0.2, 0.25) is 0 Å². The average molecular weight is 553 g/mol. The molecule has 0 saturated heterocycles. The summed E-state index contributed by atoms with van der Waals surface area (Å²) in [5.41, 5.74) is 9.62. The summed E-state index contributed by atoms with van der Waals surface area (Å²) in [5, 5.41) is 5.30. The Morgan fingerprint density at radius 1 is 0.581 bits per heavy atom. The number of benzene rings is 6. The quantitative estimate of drug-likeness (QED) is 0.199. The average Bonchev–Trinajstić information content (AvgIpc) is 3.39. The van der Waals surface area contributed by atoms with Crippen molar-refractivity contribution in [3.63, 3.8) is 0 Å². The maximum absolute atomic E-state index is 4.84. The molecule has 0 spiro atoms. The summed E-state index contributed by atoms with van der Waals surface area (Å²) in [4.78, 5) is 4.84. The normalized spacial score (nSPS) is 16.4. The molecule has 2 heteroatoms. The number of hydrogen-bond acceptors (Lipinski definition) is 1. The molecule has 0 saturated carbocycles. The second-order valence-corrected chi connectivity index (χ2v) is 11.6. The fourth-order valence-electron chi connectivity index (χ4n) is 7.02. The van der Waals surface area contributed by atoms with Crippen molar-refractivity contribution < 1.29 is 0 Å². The van der Waals surface area contributed by atoms with Gasteiger partial charge in [-0.1, -0.05) is 128 Å². The molecule has 0 fully saturated rings. The van der Waals surface area contributed by atoms with Gasteiger partial charge in [0.15, 0.2) is 0 Å². The van der Waals surface area contributed by atoms with Crippen LogP contribution < -0.4 is 0 Å². The molecule has 6 aromatic carbocycles. The van der Waals surface area contributed by atoms with Crippen molar-refractivity contribution in [2.24, 2.45) is 5.92 Å². The maximum Gasteiger partial charge on any atom is 0.111 e. The molecule has 7 aromatic rings. The van der Waals surface area contributed by atoms with E-state index in [1.54, 1.807) is 0 Å². The van der Waals surface area contributed by atoms with E-state index in [-0.39, 0.29) is 0 Å². The lowest BCUT2D eigenvalue weighted by Gasteiger charge is -2.26. The first-order chi connectivity index (χ1) is 21.2. The smallest absolute Gasteiger partial charge is 0.111 e. The zero-order valence-electron chi connectivity index (χ0n) is 24.4. The number of aryl methyl sites for hydroxylation is 1. The number of fused-ring (bicyclic) bond motifs is 3. The Hall–Kier alpha value is -5.21. The topological polar surface area (TPSA) is 17.8 Å². The first-order valence-electron chi connectivity index (χ1n) is 15.1. The molecule has 0 aliphatic heterocycles. The molecule has 2 atom stereocenters. The molecule has 0 N–H and O–H groups in total. The predicted molar refractivity (Wildman–Crippen MR) is 182 cm³/mol. The van der Waals surface area contributed by atoms with Gasteiger partial charge in [0.05, 0.1) is 11.0 Å². The zero-order chi connectivity index (χ0) is 28.9. The van der Waals surface area contributed by atoms with Crippen molar-refractivity contribution in [3.05, 3.63) is 157 Å². The molecular formula is C41H32N2. The van der Waals surface area contributed by atoms with Crippen molar-refractivity contribution in [1.82, 2.24) is 9.55 Å². The Labute approximate surface area is 252 Å². The molecule has 1 heterocycles. The molecule has 8 rings (SSSR count). The predicted octanol–water partition coefficient (Wildman–Crippen LogP) is 10.8. The highest BCUT2D eigenvalue weighted by atomic mass is 15.1. The van der Waals surface area contributed by atoms with Gasteiger partial charge >= 0.3 is 0 Å². The van der Waals surface area contributed by atoms with Crippen LogP contribution in [0.5, 0.6) is 0 Å². The Morgan fingerprint density at radius 3 is 1.84 bits per heavy atom. The molecule has 1 aromatic heterocycles. The van der Waals surface area contributed by atoms with E-state index in [0.29, 0.717) is 11.8 Å². The van der Waals surface area contributed by atoms with Crippen LogP contribution in [0.4, 0.5) is 0 Å². The van der Waals surface area contributed by atoms with Gasteiger partial charge in [0.25, 0.3) is 0 Å². The van der Waals surface area contributed by atoms with Gasteiger partial charge in [0.1, 0.15) is 5.82 Å². The minimum atomic E-state index is 0.346. The van der Waals surface area contributed by atoms with Crippen molar-refractivity contribution in [3.8, 4) is 27.9 Å². The van der Waals surface area contributed by atoms with Gasteiger partial charge in [-0.25, -0.2) is 4.98 Å². The van der Waals surface area contributed by atoms with Crippen molar-refractivity contribution in [2.75, 3.05) is 0 Å². The fraction of sp³-hybridized carbons (Fsp3) is 0.0976. The number of aromatic nitrogens is 2. The van der Waals surface area contributed by atoms with Crippen LogP contribution in [0.1, 0.15) is 24.2 Å². The lowest BCUT2D eigenvalue weighted by atomic mass is 9.78. The van der Waals surface area contributed by atoms with Gasteiger partial charge in [-0.05, 0) is 86.5 Å². The minimum Gasteiger partial charge on any atom is -0.297 e. The lowest BCUT2D eigenvalue weighted by molar-refractivity contribution is 0.643. The molecule has 0 radical (unpaired) electrons. The van der Waals surface area contributed by atoms with Crippen LogP contribution in [-0.4, -0.2) is 9.55 Å². The van der Waals surface area contributed by atoms with Crippen molar-refractivity contribution >= 4 is 32.6 Å². The number of rotatable bonds is 4. The molecule has 2 unspecified atom stereocenters. The van der Waals surface area contributed by atoms with Crippen LogP contribution in [0.15, 0.2) is 146 Å². The minimum absolute atomic E-state index is 0.346. The highest BCUT2D eigenvalue weighted by molar-refractivity contribution is 6.15. The second-order valence-electron chi connectivity index (χ2n) is 11.6. The Morgan fingerprint density at radius 2 is 1.16 bits per heavy atom. The van der Waals surface area contributed by atoms with Gasteiger partial charge < -0.3 is 0 Å². The molecule has 1 aliphatic rings. The third kappa shape index (κ3) is 4.21. The Balaban J connectivity index is 1.27. The summed E-state index contributed by atoms with van der Waals surface area (Å²) in [6, 6.07) is 44.1. The zero-order valence-corrected chi connectivity index (χ0v) is 24.4. The summed E-state index contributed by atoms with van der Waals surface area (Å²) in [6.07, 6.45) is 9.07. The van der Waals surface area contributed by atoms with E-state index in [9.17, 15) is 0 Å². The van der Waals surface area contributed by atoms with E-state index in [0.717, 1.165) is 22.5 Å². The first kappa shape index (κ1) is 25.5. The molecule has 0 amide bonds. The van der Waals surface area contributed by atoms with E-state index >= 15 is 0 Å². The van der Waals surface area contributed by atoms with E-state index in [2.05, 4.69) is 164 Å². The molecule has 206 valence electrons. The van der Waals surface area contributed by atoms with Crippen molar-refractivity contribution in [2.45, 2.75) is 19.8 Å². The number of imidazole rings is 1. The standard InChI is InChI=1S/C41H32N2/c1-27-12-6-7-15-33(27)41-36-18-10-8-16-34(36)40(35-17-9-11-19-37(35)41)30-22-20-29(21-23-30)31-24-25-38-39(26-31)43(28(2)42-38)32-13-4-3-5-14-32/h3-27,33H,1-2H3. The van der Waals surface area contributed by atoms with E-state index in [1.807, 2.05) is 0 Å². The van der Waals surface area contributed by atoms with E-state index in [1.165, 1.54) is 49.4 Å².